The van der Waals surface area contributed by atoms with Gasteiger partial charge in [-0.05, 0) is 0 Å². The van der Waals surface area contributed by atoms with Gasteiger partial charge in [-0.25, -0.2) is 0 Å². The molecule has 0 saturated heterocycles. The minimum Gasteiger partial charge on any atom is -0.305 e. The molecule has 88 valence electrons. The van der Waals surface area contributed by atoms with Gasteiger partial charge < -0.3 is 9.59 Å². The van der Waals surface area contributed by atoms with Crippen LogP contribution in [0.5, 0.6) is 0 Å². The molecule has 4 heteroatoms. The van der Waals surface area contributed by atoms with E-state index in [0.717, 1.165) is 0 Å². The fourth-order valence-electron chi connectivity index (χ4n) is 1.42. The van der Waals surface area contributed by atoms with Crippen molar-refractivity contribution in [1.82, 2.24) is 0 Å². The van der Waals surface area contributed by atoms with Gasteiger partial charge in [0.1, 0.15) is 27.0 Å². The van der Waals surface area contributed by atoms with Crippen molar-refractivity contribution in [2.45, 2.75) is 52.6 Å². The predicted molar refractivity (Wildman–Crippen MR) is 70.5 cm³/mol. The smallest absolute Gasteiger partial charge is 0.124 e. The third-order valence-electron chi connectivity index (χ3n) is 2.51. The minimum atomic E-state index is -1.73. The van der Waals surface area contributed by atoms with E-state index in [0.29, 0.717) is 17.2 Å². The highest BCUT2D eigenvalue weighted by Crippen LogP contribution is 2.17. The number of carbonyl (C=O) groups is 2. The average Bonchev–Trinajstić information content (AvgIpc) is 1.99. The molecule has 0 aromatic carbocycles. The zero-order valence-electron chi connectivity index (χ0n) is 11.1. The minimum absolute atomic E-state index is 0.0732. The Bertz CT molecular complexity index is 259. The van der Waals surface area contributed by atoms with E-state index in [1.54, 1.807) is 0 Å². The van der Waals surface area contributed by atoms with Gasteiger partial charge in [0.2, 0.25) is 0 Å². The maximum atomic E-state index is 12.0. The first-order chi connectivity index (χ1) is 6.46. The molecule has 0 radical (unpaired) electrons. The second-order valence-corrected chi connectivity index (χ2v) is 16.4. The molecule has 0 amide bonds. The summed E-state index contributed by atoms with van der Waals surface area (Å²) < 4.78 is 0. The molecule has 0 fully saturated rings. The molecule has 1 atom stereocenters. The normalized spacial score (nSPS) is 14.9. The quantitative estimate of drug-likeness (QED) is 0.697. The van der Waals surface area contributed by atoms with Crippen LogP contribution in [0.3, 0.4) is 0 Å². The Balaban J connectivity index is 4.46. The van der Waals surface area contributed by atoms with Crippen molar-refractivity contribution in [3.63, 3.8) is 0 Å². The topological polar surface area (TPSA) is 34.1 Å². The van der Waals surface area contributed by atoms with Crippen molar-refractivity contribution in [3.8, 4) is 0 Å². The first kappa shape index (κ1) is 14.8. The molecule has 0 aromatic heterocycles. The lowest BCUT2D eigenvalue weighted by atomic mass is 10.1. The van der Waals surface area contributed by atoms with E-state index in [2.05, 4.69) is 0 Å². The van der Waals surface area contributed by atoms with Crippen molar-refractivity contribution < 1.29 is 9.59 Å². The van der Waals surface area contributed by atoms with E-state index in [4.69, 9.17) is 0 Å². The van der Waals surface area contributed by atoms with Crippen LogP contribution in [0.4, 0.5) is 0 Å². The second kappa shape index (κ2) is 4.74. The van der Waals surface area contributed by atoms with E-state index in [1.807, 2.05) is 46.2 Å². The van der Waals surface area contributed by atoms with Gasteiger partial charge in [0.15, 0.2) is 0 Å². The lowest BCUT2D eigenvalue weighted by molar-refractivity contribution is -0.120. The predicted octanol–water partition coefficient (Wildman–Crippen LogP) is 2.91. The van der Waals surface area contributed by atoms with Gasteiger partial charge in [0, 0.05) is 12.3 Å². The molecule has 0 aliphatic carbocycles. The molecule has 0 aromatic rings. The molecule has 0 heterocycles. The zero-order valence-corrected chi connectivity index (χ0v) is 13.1. The van der Waals surface area contributed by atoms with Crippen molar-refractivity contribution >= 4 is 27.0 Å². The Kier molecular flexibility index (Phi) is 4.67. The van der Waals surface area contributed by atoms with Gasteiger partial charge in [-0.1, -0.05) is 46.2 Å². The lowest BCUT2D eigenvalue weighted by Crippen LogP contribution is -2.41. The number of carbonyl (C=O) groups excluding carboxylic acids is 2. The summed E-state index contributed by atoms with van der Waals surface area (Å²) in [6.07, 6.45) is 0.457. The highest BCUT2D eigenvalue weighted by molar-refractivity contribution is 7.05. The fraction of sp³-hybridized carbons (Fsp3) is 0.818. The van der Waals surface area contributed by atoms with Crippen LogP contribution in [0, 0.1) is 5.92 Å². The summed E-state index contributed by atoms with van der Waals surface area (Å²) in [5.41, 5.74) is 0. The van der Waals surface area contributed by atoms with E-state index in [9.17, 15) is 9.59 Å². The fourth-order valence-corrected chi connectivity index (χ4v) is 3.92. The molecule has 0 rings (SSSR count). The Morgan fingerprint density at radius 2 is 1.33 bits per heavy atom. The molecule has 0 aliphatic heterocycles. The molecule has 1 unspecified atom stereocenters. The summed E-state index contributed by atoms with van der Waals surface area (Å²) in [6.45, 7) is 14.2. The molecule has 0 aliphatic rings. The monoisotopic (exact) mass is 244 g/mol. The number of hydrogen-bond acceptors (Lipinski definition) is 2. The Hall–Kier alpha value is -0.226. The van der Waals surface area contributed by atoms with Crippen LogP contribution in [-0.4, -0.2) is 27.0 Å². The van der Waals surface area contributed by atoms with E-state index in [-0.39, 0.29) is 5.92 Å². The SMILES string of the molecule is CC(CC(=O)[Si](C)(C)C)C(=O)[Si](C)(C)C. The van der Waals surface area contributed by atoms with Crippen LogP contribution >= 0.6 is 0 Å². The van der Waals surface area contributed by atoms with E-state index in [1.165, 1.54) is 0 Å². The van der Waals surface area contributed by atoms with Gasteiger partial charge in [-0.2, -0.15) is 0 Å². The summed E-state index contributed by atoms with van der Waals surface area (Å²) in [5.74, 6) is -0.0732. The first-order valence-electron chi connectivity index (χ1n) is 5.54. The van der Waals surface area contributed by atoms with Crippen LogP contribution in [-0.2, 0) is 9.59 Å². The number of rotatable bonds is 5. The van der Waals surface area contributed by atoms with Gasteiger partial charge in [-0.15, -0.1) is 0 Å². The lowest BCUT2D eigenvalue weighted by Gasteiger charge is -2.22. The van der Waals surface area contributed by atoms with E-state index < -0.39 is 16.1 Å². The van der Waals surface area contributed by atoms with Crippen LogP contribution in [0.2, 0.25) is 39.3 Å². The molecule has 15 heavy (non-hydrogen) atoms. The molecule has 0 N–H and O–H groups in total. The zero-order chi connectivity index (χ0) is 12.4. The Morgan fingerprint density at radius 1 is 0.933 bits per heavy atom. The summed E-state index contributed by atoms with van der Waals surface area (Å²) in [4.78, 5) is 23.8. The third-order valence-corrected chi connectivity index (χ3v) is 6.36. The van der Waals surface area contributed by atoms with Crippen molar-refractivity contribution in [1.29, 1.82) is 0 Å². The first-order valence-corrected chi connectivity index (χ1v) is 12.5. The molecule has 0 spiro atoms. The van der Waals surface area contributed by atoms with Crippen molar-refractivity contribution in [3.05, 3.63) is 0 Å². The van der Waals surface area contributed by atoms with Gasteiger partial charge in [0.25, 0.3) is 0 Å². The van der Waals surface area contributed by atoms with Crippen molar-refractivity contribution in [2.75, 3.05) is 0 Å². The second-order valence-electron chi connectivity index (χ2n) is 6.39. The highest BCUT2D eigenvalue weighted by Gasteiger charge is 2.32. The summed E-state index contributed by atoms with van der Waals surface area (Å²) in [7, 11) is -3.43. The molecular formula is C11H24O2Si2. The average molecular weight is 244 g/mol. The maximum Gasteiger partial charge on any atom is 0.124 e. The van der Waals surface area contributed by atoms with E-state index >= 15 is 0 Å². The van der Waals surface area contributed by atoms with Gasteiger partial charge in [-0.3, -0.25) is 0 Å². The third kappa shape index (κ3) is 4.88. The van der Waals surface area contributed by atoms with Crippen molar-refractivity contribution in [2.24, 2.45) is 5.92 Å². The van der Waals surface area contributed by atoms with Crippen LogP contribution in [0.25, 0.3) is 0 Å². The summed E-state index contributed by atoms with van der Waals surface area (Å²) in [5, 5.41) is 0.649. The van der Waals surface area contributed by atoms with Gasteiger partial charge >= 0.3 is 0 Å². The van der Waals surface area contributed by atoms with Crippen LogP contribution in [0.1, 0.15) is 13.3 Å². The van der Waals surface area contributed by atoms with Crippen LogP contribution < -0.4 is 0 Å². The highest BCUT2D eigenvalue weighted by atomic mass is 28.3. The number of hydrogen-bond donors (Lipinski definition) is 0. The Morgan fingerprint density at radius 3 is 1.60 bits per heavy atom. The molecule has 0 saturated carbocycles. The summed E-state index contributed by atoms with van der Waals surface area (Å²) >= 11 is 0. The summed E-state index contributed by atoms with van der Waals surface area (Å²) in [6, 6.07) is 0. The molecule has 0 bridgehead atoms. The van der Waals surface area contributed by atoms with Gasteiger partial charge in [0.05, 0.1) is 0 Å². The Labute approximate surface area is 95.5 Å². The molecule has 2 nitrogen and oxygen atoms in total. The largest absolute Gasteiger partial charge is 0.305 e. The maximum absolute atomic E-state index is 12.0. The standard InChI is InChI=1S/C11H24O2Si2/c1-9(11(13)15(5,6)7)8-10(12)14(2,3)4/h9H,8H2,1-7H3. The molecular weight excluding hydrogens is 220 g/mol. The van der Waals surface area contributed by atoms with Crippen LogP contribution in [0.15, 0.2) is 0 Å².